The van der Waals surface area contributed by atoms with Crippen molar-refractivity contribution >= 4 is 43.8 Å². The average molecular weight is 480 g/mol. The van der Waals surface area contributed by atoms with Crippen molar-refractivity contribution in [2.75, 3.05) is 31.1 Å². The molecule has 1 aromatic carbocycles. The molecule has 0 aliphatic carbocycles. The molecule has 1 aliphatic rings. The first-order chi connectivity index (χ1) is 15.1. The first-order valence-corrected chi connectivity index (χ1v) is 10.6. The number of rotatable bonds is 3. The van der Waals surface area contributed by atoms with Gasteiger partial charge in [-0.15, -0.1) is 5.10 Å². The first kappa shape index (κ1) is 19.7. The molecule has 4 aromatic rings. The predicted molar refractivity (Wildman–Crippen MR) is 119 cm³/mol. The van der Waals surface area contributed by atoms with Crippen LogP contribution in [0.2, 0.25) is 0 Å². The summed E-state index contributed by atoms with van der Waals surface area (Å²) in [6.07, 6.45) is 0. The van der Waals surface area contributed by atoms with Gasteiger partial charge in [-0.2, -0.15) is 5.26 Å². The summed E-state index contributed by atoms with van der Waals surface area (Å²) in [5, 5.41) is 17.4. The van der Waals surface area contributed by atoms with E-state index < -0.39 is 0 Å². The molecule has 1 aliphatic heterocycles. The number of hydrogen-bond donors (Lipinski definition) is 0. The van der Waals surface area contributed by atoms with Gasteiger partial charge in [0.05, 0.1) is 11.2 Å². The van der Waals surface area contributed by atoms with Gasteiger partial charge < -0.3 is 14.0 Å². The van der Waals surface area contributed by atoms with Crippen LogP contribution in [-0.2, 0) is 13.6 Å². The van der Waals surface area contributed by atoms with Crippen molar-refractivity contribution in [2.24, 2.45) is 7.05 Å². The third-order valence-electron chi connectivity index (χ3n) is 5.73. The molecule has 0 saturated carbocycles. The number of benzene rings is 1. The molecule has 9 nitrogen and oxygen atoms in total. The number of nitriles is 1. The quantitative estimate of drug-likeness (QED) is 0.412. The average Bonchev–Trinajstić information content (AvgIpc) is 3.27. The van der Waals surface area contributed by atoms with E-state index in [0.29, 0.717) is 46.5 Å². The van der Waals surface area contributed by atoms with Crippen LogP contribution in [0.5, 0.6) is 0 Å². The van der Waals surface area contributed by atoms with Gasteiger partial charge in [0.15, 0.2) is 5.58 Å². The predicted octanol–water partition coefficient (Wildman–Crippen LogP) is 2.43. The molecule has 0 N–H and O–H groups in total. The molecule has 1 fully saturated rings. The molecular formula is C21H18BrN7O2. The molecule has 0 radical (unpaired) electrons. The van der Waals surface area contributed by atoms with Crippen LogP contribution < -0.4 is 10.5 Å². The van der Waals surface area contributed by atoms with Crippen LogP contribution in [0.25, 0.3) is 22.1 Å². The van der Waals surface area contributed by atoms with Gasteiger partial charge in [0.1, 0.15) is 27.3 Å². The van der Waals surface area contributed by atoms with Crippen molar-refractivity contribution in [3.63, 3.8) is 0 Å². The molecule has 1 saturated heterocycles. The van der Waals surface area contributed by atoms with Crippen LogP contribution in [0.4, 0.5) is 5.69 Å². The number of halogens is 1. The third kappa shape index (κ3) is 3.36. The molecule has 10 heteroatoms. The Bertz CT molecular complexity index is 1400. The second-order valence-electron chi connectivity index (χ2n) is 7.50. The first-order valence-electron chi connectivity index (χ1n) is 9.83. The molecule has 3 aromatic heterocycles. The van der Waals surface area contributed by atoms with Crippen molar-refractivity contribution in [3.8, 4) is 6.07 Å². The van der Waals surface area contributed by atoms with E-state index in [1.54, 1.807) is 13.1 Å². The van der Waals surface area contributed by atoms with Crippen molar-refractivity contribution in [2.45, 2.75) is 6.54 Å². The number of aromatic nitrogens is 4. The maximum atomic E-state index is 12.8. The molecule has 0 unspecified atom stereocenters. The fourth-order valence-electron chi connectivity index (χ4n) is 4.13. The number of para-hydroxylation sites is 1. The molecule has 0 spiro atoms. The minimum Gasteiger partial charge on any atom is -0.366 e. The van der Waals surface area contributed by atoms with E-state index in [9.17, 15) is 10.1 Å². The van der Waals surface area contributed by atoms with Crippen molar-refractivity contribution < 1.29 is 4.52 Å². The summed E-state index contributed by atoms with van der Waals surface area (Å²) in [5.74, 6) is 0. The molecule has 31 heavy (non-hydrogen) atoms. The second-order valence-corrected chi connectivity index (χ2v) is 8.32. The topological polar surface area (TPSA) is 104 Å². The lowest BCUT2D eigenvalue weighted by atomic mass is 10.1. The van der Waals surface area contributed by atoms with Crippen molar-refractivity contribution in [1.82, 2.24) is 24.8 Å². The lowest BCUT2D eigenvalue weighted by Gasteiger charge is -2.36. The van der Waals surface area contributed by atoms with Gasteiger partial charge in [-0.3, -0.25) is 9.69 Å². The lowest BCUT2D eigenvalue weighted by Crippen LogP contribution is -2.47. The van der Waals surface area contributed by atoms with Crippen LogP contribution in [-0.4, -0.2) is 51.0 Å². The van der Waals surface area contributed by atoms with Crippen LogP contribution in [0.3, 0.4) is 0 Å². The van der Waals surface area contributed by atoms with E-state index >= 15 is 0 Å². The van der Waals surface area contributed by atoms with Crippen LogP contribution in [0.15, 0.2) is 44.3 Å². The normalized spacial score (nSPS) is 14.9. The number of hydrogen-bond acceptors (Lipinski definition) is 8. The van der Waals surface area contributed by atoms with Crippen molar-refractivity contribution in [3.05, 3.63) is 56.4 Å². The number of piperazine rings is 1. The summed E-state index contributed by atoms with van der Waals surface area (Å²) in [6.45, 7) is 3.61. The lowest BCUT2D eigenvalue weighted by molar-refractivity contribution is 0.249. The van der Waals surface area contributed by atoms with Crippen molar-refractivity contribution in [1.29, 1.82) is 5.26 Å². The Balaban J connectivity index is 1.45. The van der Waals surface area contributed by atoms with Gasteiger partial charge >= 0.3 is 0 Å². The Kier molecular flexibility index (Phi) is 4.92. The Morgan fingerprint density at radius 2 is 2.00 bits per heavy atom. The summed E-state index contributed by atoms with van der Waals surface area (Å²) in [5.41, 5.74) is 4.29. The molecule has 0 amide bonds. The SMILES string of the molecule is Cn1c(=O)c(C#N)c(N2CCN(Cc3cccc4nnoc34)CC2)c2nc(Br)ccc21. The van der Waals surface area contributed by atoms with Crippen LogP contribution >= 0.6 is 15.9 Å². The number of pyridine rings is 2. The number of aryl methyl sites for hydroxylation is 1. The summed E-state index contributed by atoms with van der Waals surface area (Å²) < 4.78 is 7.46. The van der Waals surface area contributed by atoms with Gasteiger partial charge in [-0.25, -0.2) is 4.98 Å². The summed E-state index contributed by atoms with van der Waals surface area (Å²) in [7, 11) is 1.67. The van der Waals surface area contributed by atoms with Crippen LogP contribution in [0.1, 0.15) is 11.1 Å². The second kappa shape index (κ2) is 7.76. The Hall–Kier alpha value is -3.29. The number of nitrogens with zero attached hydrogens (tertiary/aromatic N) is 7. The highest BCUT2D eigenvalue weighted by atomic mass is 79.9. The molecule has 4 heterocycles. The summed E-state index contributed by atoms with van der Waals surface area (Å²) in [4.78, 5) is 21.8. The molecule has 5 rings (SSSR count). The molecular weight excluding hydrogens is 462 g/mol. The van der Waals surface area contributed by atoms with E-state index in [1.165, 1.54) is 4.57 Å². The molecule has 156 valence electrons. The summed E-state index contributed by atoms with van der Waals surface area (Å²) >= 11 is 3.42. The minimum absolute atomic E-state index is 0.131. The smallest absolute Gasteiger partial charge is 0.270 e. The van der Waals surface area contributed by atoms with E-state index in [0.717, 1.165) is 24.2 Å². The molecule has 0 atom stereocenters. The van der Waals surface area contributed by atoms with Gasteiger partial charge in [-0.1, -0.05) is 12.1 Å². The number of anilines is 1. The Labute approximate surface area is 185 Å². The third-order valence-corrected chi connectivity index (χ3v) is 6.17. The highest BCUT2D eigenvalue weighted by Gasteiger charge is 2.25. The van der Waals surface area contributed by atoms with E-state index in [1.807, 2.05) is 24.3 Å². The van der Waals surface area contributed by atoms with Crippen LogP contribution in [0, 0.1) is 11.3 Å². The van der Waals surface area contributed by atoms with Gasteiger partial charge in [0.2, 0.25) is 0 Å². The Morgan fingerprint density at radius 3 is 2.77 bits per heavy atom. The fraction of sp³-hybridized carbons (Fsp3) is 0.286. The fourth-order valence-corrected chi connectivity index (χ4v) is 4.44. The zero-order valence-corrected chi connectivity index (χ0v) is 18.3. The van der Waals surface area contributed by atoms with E-state index in [-0.39, 0.29) is 11.1 Å². The Morgan fingerprint density at radius 1 is 1.19 bits per heavy atom. The van der Waals surface area contributed by atoms with E-state index in [4.69, 9.17) is 4.52 Å². The molecule has 0 bridgehead atoms. The number of fused-ring (bicyclic) bond motifs is 2. The standard InChI is InChI=1S/C21H18BrN7O2/c1-27-16-5-6-17(22)24-18(16)19(14(11-23)21(27)30)29-9-7-28(8-10-29)12-13-3-2-4-15-20(13)31-26-25-15/h2-6H,7-10,12H2,1H3. The highest BCUT2D eigenvalue weighted by molar-refractivity contribution is 9.10. The maximum Gasteiger partial charge on any atom is 0.270 e. The maximum absolute atomic E-state index is 12.8. The van der Waals surface area contributed by atoms with Gasteiger partial charge in [0, 0.05) is 50.6 Å². The largest absolute Gasteiger partial charge is 0.366 e. The van der Waals surface area contributed by atoms with Gasteiger partial charge in [-0.05, 0) is 34.1 Å². The summed E-state index contributed by atoms with van der Waals surface area (Å²) in [6, 6.07) is 11.6. The van der Waals surface area contributed by atoms with E-state index in [2.05, 4.69) is 47.2 Å². The zero-order chi connectivity index (χ0) is 21.5. The minimum atomic E-state index is -0.305. The van der Waals surface area contributed by atoms with Gasteiger partial charge in [0.25, 0.3) is 5.56 Å². The monoisotopic (exact) mass is 479 g/mol. The zero-order valence-electron chi connectivity index (χ0n) is 16.7. The highest BCUT2D eigenvalue weighted by Crippen LogP contribution is 2.29.